The van der Waals surface area contributed by atoms with Gasteiger partial charge in [-0.05, 0) is 20.8 Å². The summed E-state index contributed by atoms with van der Waals surface area (Å²) < 4.78 is 4.67. The minimum Gasteiger partial charge on any atom is -0.455 e. The Labute approximate surface area is 64.5 Å². The Morgan fingerprint density at radius 3 is 2.27 bits per heavy atom. The van der Waals surface area contributed by atoms with Crippen molar-refractivity contribution in [2.45, 2.75) is 26.4 Å². The van der Waals surface area contributed by atoms with Crippen molar-refractivity contribution in [1.29, 1.82) is 0 Å². The second-order valence-electron chi connectivity index (χ2n) is 3.08. The van der Waals surface area contributed by atoms with E-state index in [9.17, 15) is 14.9 Å². The maximum Gasteiger partial charge on any atom is 0.379 e. The van der Waals surface area contributed by atoms with Gasteiger partial charge in [-0.3, -0.25) is 10.1 Å². The molecule has 0 fully saturated rings. The Morgan fingerprint density at radius 1 is 1.55 bits per heavy atom. The molecule has 64 valence electrons. The Bertz CT molecular complexity index is 170. The van der Waals surface area contributed by atoms with Crippen LogP contribution in [0, 0.1) is 10.1 Å². The van der Waals surface area contributed by atoms with Crippen molar-refractivity contribution in [3.63, 3.8) is 0 Å². The van der Waals surface area contributed by atoms with Gasteiger partial charge in [0.2, 0.25) is 0 Å². The van der Waals surface area contributed by atoms with Gasteiger partial charge in [-0.15, -0.1) is 0 Å². The van der Waals surface area contributed by atoms with Gasteiger partial charge >= 0.3 is 5.97 Å². The summed E-state index contributed by atoms with van der Waals surface area (Å²) in [5.41, 5.74) is -0.646. The highest BCUT2D eigenvalue weighted by Gasteiger charge is 2.19. The molecule has 0 heterocycles. The van der Waals surface area contributed by atoms with E-state index in [0.29, 0.717) is 0 Å². The molecular weight excluding hydrogens is 150 g/mol. The number of esters is 1. The predicted octanol–water partition coefficient (Wildman–Crippen LogP) is 0.605. The average molecular weight is 161 g/mol. The van der Waals surface area contributed by atoms with Crippen LogP contribution in [0.1, 0.15) is 20.8 Å². The molecule has 0 saturated heterocycles. The van der Waals surface area contributed by atoms with E-state index in [4.69, 9.17) is 0 Å². The highest BCUT2D eigenvalue weighted by atomic mass is 16.6. The van der Waals surface area contributed by atoms with Crippen LogP contribution in [0.15, 0.2) is 0 Å². The lowest BCUT2D eigenvalue weighted by Gasteiger charge is -2.17. The lowest BCUT2D eigenvalue weighted by atomic mass is 10.2. The van der Waals surface area contributed by atoms with E-state index < -0.39 is 23.0 Å². The second kappa shape index (κ2) is 3.32. The molecule has 0 aliphatic carbocycles. The SMILES string of the molecule is CC(C)(C)OC(=O)C[N+](=O)[O-]. The summed E-state index contributed by atoms with van der Waals surface area (Å²) in [7, 11) is 0. The number of hydrogen-bond acceptors (Lipinski definition) is 4. The summed E-state index contributed by atoms with van der Waals surface area (Å²) in [6, 6.07) is 0. The van der Waals surface area contributed by atoms with E-state index in [1.54, 1.807) is 20.8 Å². The number of carbonyl (C=O) groups is 1. The summed E-state index contributed by atoms with van der Waals surface area (Å²) in [6.07, 6.45) is 0. The van der Waals surface area contributed by atoms with E-state index in [2.05, 4.69) is 4.74 Å². The first-order valence-corrected chi connectivity index (χ1v) is 3.15. The van der Waals surface area contributed by atoms with Gasteiger partial charge in [0.25, 0.3) is 6.54 Å². The Hall–Kier alpha value is -1.13. The molecule has 5 nitrogen and oxygen atoms in total. The van der Waals surface area contributed by atoms with E-state index in [-0.39, 0.29) is 0 Å². The molecule has 0 rings (SSSR count). The fourth-order valence-corrected chi connectivity index (χ4v) is 0.479. The highest BCUT2D eigenvalue weighted by molar-refractivity contribution is 5.70. The van der Waals surface area contributed by atoms with Crippen LogP contribution in [0.2, 0.25) is 0 Å². The van der Waals surface area contributed by atoms with Crippen molar-refractivity contribution in [3.8, 4) is 0 Å². The molecule has 0 saturated carbocycles. The summed E-state index contributed by atoms with van der Waals surface area (Å²) in [6.45, 7) is 4.21. The van der Waals surface area contributed by atoms with Gasteiger partial charge in [0.15, 0.2) is 0 Å². The number of nitro groups is 1. The maximum atomic E-state index is 10.6. The molecule has 0 aromatic rings. The number of rotatable bonds is 2. The largest absolute Gasteiger partial charge is 0.455 e. The predicted molar refractivity (Wildman–Crippen MR) is 37.7 cm³/mol. The average Bonchev–Trinajstić information content (AvgIpc) is 1.53. The minimum atomic E-state index is -0.803. The van der Waals surface area contributed by atoms with Crippen molar-refractivity contribution in [2.24, 2.45) is 0 Å². The zero-order valence-corrected chi connectivity index (χ0v) is 6.79. The molecule has 0 atom stereocenters. The van der Waals surface area contributed by atoms with Crippen LogP contribution in [0.25, 0.3) is 0 Å². The maximum absolute atomic E-state index is 10.6. The third kappa shape index (κ3) is 6.76. The van der Waals surface area contributed by atoms with Crippen molar-refractivity contribution >= 4 is 5.97 Å². The van der Waals surface area contributed by atoms with Crippen LogP contribution in [0.5, 0.6) is 0 Å². The Morgan fingerprint density at radius 2 is 2.00 bits per heavy atom. The van der Waals surface area contributed by atoms with Crippen molar-refractivity contribution in [2.75, 3.05) is 6.54 Å². The van der Waals surface area contributed by atoms with Crippen LogP contribution in [-0.4, -0.2) is 23.0 Å². The van der Waals surface area contributed by atoms with Crippen molar-refractivity contribution in [1.82, 2.24) is 0 Å². The summed E-state index contributed by atoms with van der Waals surface area (Å²) in [5.74, 6) is -0.803. The number of hydrogen-bond donors (Lipinski definition) is 0. The molecule has 0 N–H and O–H groups in total. The van der Waals surface area contributed by atoms with E-state index in [0.717, 1.165) is 0 Å². The molecule has 0 unspecified atom stereocenters. The van der Waals surface area contributed by atoms with Gasteiger partial charge in [-0.25, -0.2) is 4.79 Å². The Balaban J connectivity index is 3.80. The van der Waals surface area contributed by atoms with Gasteiger partial charge < -0.3 is 4.74 Å². The van der Waals surface area contributed by atoms with Gasteiger partial charge in [-0.1, -0.05) is 0 Å². The molecule has 0 aromatic heterocycles. The fourth-order valence-electron chi connectivity index (χ4n) is 0.479. The van der Waals surface area contributed by atoms with E-state index in [1.165, 1.54) is 0 Å². The third-order valence-corrected chi connectivity index (χ3v) is 0.678. The minimum absolute atomic E-state index is 0.646. The zero-order valence-electron chi connectivity index (χ0n) is 6.79. The van der Waals surface area contributed by atoms with Gasteiger partial charge in [0, 0.05) is 4.92 Å². The third-order valence-electron chi connectivity index (χ3n) is 0.678. The van der Waals surface area contributed by atoms with Crippen LogP contribution in [0.3, 0.4) is 0 Å². The molecule has 0 bridgehead atoms. The molecule has 0 aliphatic rings. The van der Waals surface area contributed by atoms with Crippen LogP contribution < -0.4 is 0 Å². The van der Waals surface area contributed by atoms with E-state index >= 15 is 0 Å². The van der Waals surface area contributed by atoms with Crippen LogP contribution in [-0.2, 0) is 9.53 Å². The van der Waals surface area contributed by atoms with Gasteiger partial charge in [0.1, 0.15) is 5.60 Å². The molecule has 0 aromatic carbocycles. The van der Waals surface area contributed by atoms with E-state index in [1.807, 2.05) is 0 Å². The van der Waals surface area contributed by atoms with Gasteiger partial charge in [0.05, 0.1) is 0 Å². The number of carbonyl (C=O) groups excluding carboxylic acids is 1. The van der Waals surface area contributed by atoms with Crippen LogP contribution >= 0.6 is 0 Å². The highest BCUT2D eigenvalue weighted by Crippen LogP contribution is 2.06. The second-order valence-corrected chi connectivity index (χ2v) is 3.08. The molecule has 0 spiro atoms. The lowest BCUT2D eigenvalue weighted by molar-refractivity contribution is -0.470. The Kier molecular flexibility index (Phi) is 2.98. The normalized spacial score (nSPS) is 10.8. The topological polar surface area (TPSA) is 69.4 Å². The monoisotopic (exact) mass is 161 g/mol. The first-order chi connectivity index (χ1) is 4.81. The first kappa shape index (κ1) is 9.87. The molecule has 0 aliphatic heterocycles. The lowest BCUT2D eigenvalue weighted by Crippen LogP contribution is -2.28. The smallest absolute Gasteiger partial charge is 0.379 e. The summed E-state index contributed by atoms with van der Waals surface area (Å²) in [4.78, 5) is 19.7. The van der Waals surface area contributed by atoms with Crippen LogP contribution in [0.4, 0.5) is 0 Å². The summed E-state index contributed by atoms with van der Waals surface area (Å²) in [5, 5.41) is 9.80. The molecule has 0 radical (unpaired) electrons. The molecule has 5 heteroatoms. The zero-order chi connectivity index (χ0) is 9.07. The van der Waals surface area contributed by atoms with Crippen molar-refractivity contribution in [3.05, 3.63) is 10.1 Å². The standard InChI is InChI=1S/C6H11NO4/c1-6(2,3)11-5(8)4-7(9)10/h4H2,1-3H3. The summed E-state index contributed by atoms with van der Waals surface area (Å²) >= 11 is 0. The first-order valence-electron chi connectivity index (χ1n) is 3.15. The number of ether oxygens (including phenoxy) is 1. The number of nitrogens with zero attached hydrogens (tertiary/aromatic N) is 1. The van der Waals surface area contributed by atoms with Gasteiger partial charge in [-0.2, -0.15) is 0 Å². The fraction of sp³-hybridized carbons (Fsp3) is 0.833. The quantitative estimate of drug-likeness (QED) is 0.338. The molecule has 0 amide bonds. The van der Waals surface area contributed by atoms with Crippen molar-refractivity contribution < 1.29 is 14.5 Å². The molecular formula is C6H11NO4. The molecule has 11 heavy (non-hydrogen) atoms.